The van der Waals surface area contributed by atoms with Crippen molar-refractivity contribution in [1.82, 2.24) is 24.7 Å². The maximum atomic E-state index is 4.34. The Morgan fingerprint density at radius 3 is 2.79 bits per heavy atom. The molecule has 0 amide bonds. The van der Waals surface area contributed by atoms with E-state index in [9.17, 15) is 0 Å². The van der Waals surface area contributed by atoms with Gasteiger partial charge in [-0.3, -0.25) is 0 Å². The fourth-order valence-electron chi connectivity index (χ4n) is 1.73. The van der Waals surface area contributed by atoms with Gasteiger partial charge < -0.3 is 5.32 Å². The molecule has 6 heteroatoms. The zero-order valence-corrected chi connectivity index (χ0v) is 10.1. The molecule has 0 aromatic carbocycles. The van der Waals surface area contributed by atoms with Crippen molar-refractivity contribution in [2.75, 3.05) is 5.32 Å². The van der Waals surface area contributed by atoms with Crippen LogP contribution in [0.2, 0.25) is 0 Å². The maximum absolute atomic E-state index is 4.34. The first-order valence-corrected chi connectivity index (χ1v) is 5.86. The Bertz CT molecular complexity index is 635. The second-order valence-corrected chi connectivity index (χ2v) is 3.93. The number of hydrogen-bond donors (Lipinski definition) is 1. The molecular formula is C13H12N6. The minimum Gasteiger partial charge on any atom is -0.378 e. The lowest BCUT2D eigenvalue weighted by molar-refractivity contribution is 0.846. The normalized spacial score (nSPS) is 10.3. The molecule has 3 heterocycles. The van der Waals surface area contributed by atoms with Crippen molar-refractivity contribution in [3.63, 3.8) is 0 Å². The molecule has 0 saturated carbocycles. The highest BCUT2D eigenvalue weighted by molar-refractivity contribution is 5.56. The van der Waals surface area contributed by atoms with Crippen molar-refractivity contribution >= 4 is 5.69 Å². The van der Waals surface area contributed by atoms with Gasteiger partial charge >= 0.3 is 0 Å². The van der Waals surface area contributed by atoms with Crippen LogP contribution in [0.1, 0.15) is 5.56 Å². The number of nitrogens with one attached hydrogen (secondary N) is 1. The van der Waals surface area contributed by atoms with E-state index in [1.165, 1.54) is 6.33 Å². The molecule has 0 bridgehead atoms. The van der Waals surface area contributed by atoms with Crippen LogP contribution >= 0.6 is 0 Å². The Balaban J connectivity index is 1.82. The lowest BCUT2D eigenvalue weighted by Crippen LogP contribution is -2.06. The van der Waals surface area contributed by atoms with Crippen LogP contribution in [0.3, 0.4) is 0 Å². The molecule has 6 nitrogen and oxygen atoms in total. The van der Waals surface area contributed by atoms with Gasteiger partial charge in [-0.1, -0.05) is 0 Å². The van der Waals surface area contributed by atoms with E-state index in [1.54, 1.807) is 29.5 Å². The first-order valence-electron chi connectivity index (χ1n) is 5.86. The van der Waals surface area contributed by atoms with E-state index in [4.69, 9.17) is 0 Å². The molecule has 19 heavy (non-hydrogen) atoms. The van der Waals surface area contributed by atoms with Crippen LogP contribution in [0.4, 0.5) is 5.69 Å². The summed E-state index contributed by atoms with van der Waals surface area (Å²) >= 11 is 0. The van der Waals surface area contributed by atoms with Crippen LogP contribution in [-0.2, 0) is 6.54 Å². The molecule has 0 atom stereocenters. The maximum Gasteiger partial charge on any atom is 0.176 e. The number of aromatic nitrogens is 5. The minimum atomic E-state index is 0.640. The Hall–Kier alpha value is -2.76. The predicted molar refractivity (Wildman–Crippen MR) is 70.7 cm³/mol. The van der Waals surface area contributed by atoms with E-state index in [0.717, 1.165) is 17.1 Å². The minimum absolute atomic E-state index is 0.640. The topological polar surface area (TPSA) is 68.5 Å². The number of anilines is 1. The average molecular weight is 252 g/mol. The average Bonchev–Trinajstić information content (AvgIpc) is 3.01. The van der Waals surface area contributed by atoms with Crippen molar-refractivity contribution in [2.45, 2.75) is 6.54 Å². The van der Waals surface area contributed by atoms with Gasteiger partial charge in [-0.25, -0.2) is 19.6 Å². The number of pyridine rings is 1. The van der Waals surface area contributed by atoms with Gasteiger partial charge in [-0.05, 0) is 18.2 Å². The smallest absolute Gasteiger partial charge is 0.176 e. The van der Waals surface area contributed by atoms with Crippen LogP contribution in [0.15, 0.2) is 55.5 Å². The molecule has 0 saturated heterocycles. The Labute approximate surface area is 110 Å². The lowest BCUT2D eigenvalue weighted by Gasteiger charge is -2.10. The summed E-state index contributed by atoms with van der Waals surface area (Å²) in [5.74, 6) is 0.768. The molecule has 3 aromatic heterocycles. The Kier molecular flexibility index (Phi) is 3.14. The Morgan fingerprint density at radius 1 is 1.11 bits per heavy atom. The van der Waals surface area contributed by atoms with Crippen molar-refractivity contribution in [3.05, 3.63) is 61.1 Å². The third-order valence-electron chi connectivity index (χ3n) is 2.61. The van der Waals surface area contributed by atoms with Crippen molar-refractivity contribution in [2.24, 2.45) is 0 Å². The van der Waals surface area contributed by atoms with Gasteiger partial charge in [-0.2, -0.15) is 5.10 Å². The van der Waals surface area contributed by atoms with Crippen molar-refractivity contribution in [3.8, 4) is 5.82 Å². The van der Waals surface area contributed by atoms with Gasteiger partial charge in [0.2, 0.25) is 0 Å². The van der Waals surface area contributed by atoms with Crippen LogP contribution in [-0.4, -0.2) is 24.7 Å². The summed E-state index contributed by atoms with van der Waals surface area (Å²) in [6.45, 7) is 0.640. The van der Waals surface area contributed by atoms with Crippen molar-refractivity contribution in [1.29, 1.82) is 0 Å². The molecule has 0 fully saturated rings. The molecule has 0 spiro atoms. The quantitative estimate of drug-likeness (QED) is 0.765. The molecule has 0 aliphatic carbocycles. The van der Waals surface area contributed by atoms with Crippen LogP contribution < -0.4 is 5.32 Å². The van der Waals surface area contributed by atoms with Gasteiger partial charge in [0.05, 0.1) is 5.69 Å². The first-order chi connectivity index (χ1) is 9.43. The largest absolute Gasteiger partial charge is 0.378 e. The third kappa shape index (κ3) is 2.57. The molecule has 1 N–H and O–H groups in total. The zero-order valence-electron chi connectivity index (χ0n) is 10.1. The van der Waals surface area contributed by atoms with E-state index < -0.39 is 0 Å². The molecule has 94 valence electrons. The van der Waals surface area contributed by atoms with Gasteiger partial charge in [-0.15, -0.1) is 0 Å². The van der Waals surface area contributed by atoms with E-state index in [2.05, 4.69) is 25.4 Å². The summed E-state index contributed by atoms with van der Waals surface area (Å²) in [7, 11) is 0. The summed E-state index contributed by atoms with van der Waals surface area (Å²) < 4.78 is 1.73. The number of rotatable bonds is 4. The monoisotopic (exact) mass is 252 g/mol. The summed E-state index contributed by atoms with van der Waals surface area (Å²) in [6, 6.07) is 5.72. The summed E-state index contributed by atoms with van der Waals surface area (Å²) in [4.78, 5) is 12.3. The molecule has 0 radical (unpaired) electrons. The highest BCUT2D eigenvalue weighted by Gasteiger charge is 2.05. The SMILES string of the molecule is c1cnc(-n2cccn2)c(NCc2cncnc2)c1. The fourth-order valence-corrected chi connectivity index (χ4v) is 1.73. The van der Waals surface area contributed by atoms with Gasteiger partial charge in [0, 0.05) is 43.1 Å². The van der Waals surface area contributed by atoms with Crippen LogP contribution in [0.25, 0.3) is 5.82 Å². The van der Waals surface area contributed by atoms with E-state index in [1.807, 2.05) is 24.4 Å². The number of hydrogen-bond acceptors (Lipinski definition) is 5. The summed E-state index contributed by atoms with van der Waals surface area (Å²) in [6.07, 6.45) is 10.4. The van der Waals surface area contributed by atoms with E-state index >= 15 is 0 Å². The standard InChI is InChI=1S/C13H12N6/c1-3-12(17-9-11-7-14-10-15-8-11)13(16-4-1)19-6-2-5-18-19/h1-8,10,17H,9H2. The lowest BCUT2D eigenvalue weighted by atomic mass is 10.3. The molecule has 0 aliphatic rings. The van der Waals surface area contributed by atoms with Crippen LogP contribution in [0.5, 0.6) is 0 Å². The molecule has 3 aromatic rings. The second kappa shape index (κ2) is 5.26. The summed E-state index contributed by atoms with van der Waals surface area (Å²) in [5.41, 5.74) is 1.92. The third-order valence-corrected chi connectivity index (χ3v) is 2.61. The number of nitrogens with zero attached hydrogens (tertiary/aromatic N) is 5. The Morgan fingerprint density at radius 2 is 2.00 bits per heavy atom. The molecule has 0 aliphatic heterocycles. The van der Waals surface area contributed by atoms with Crippen LogP contribution in [0, 0.1) is 0 Å². The zero-order chi connectivity index (χ0) is 12.9. The molecule has 3 rings (SSSR count). The second-order valence-electron chi connectivity index (χ2n) is 3.93. The molecule has 0 unspecified atom stereocenters. The van der Waals surface area contributed by atoms with Gasteiger partial charge in [0.1, 0.15) is 6.33 Å². The van der Waals surface area contributed by atoms with E-state index in [-0.39, 0.29) is 0 Å². The highest BCUT2D eigenvalue weighted by atomic mass is 15.3. The highest BCUT2D eigenvalue weighted by Crippen LogP contribution is 2.16. The predicted octanol–water partition coefficient (Wildman–Crippen LogP) is 1.67. The van der Waals surface area contributed by atoms with Gasteiger partial charge in [0.15, 0.2) is 5.82 Å². The first kappa shape index (κ1) is 11.3. The summed E-state index contributed by atoms with van der Waals surface area (Å²) in [5, 5.41) is 7.51. The molecular weight excluding hydrogens is 240 g/mol. The van der Waals surface area contributed by atoms with E-state index in [0.29, 0.717) is 6.54 Å². The van der Waals surface area contributed by atoms with Gasteiger partial charge in [0.25, 0.3) is 0 Å². The fraction of sp³-hybridized carbons (Fsp3) is 0.0769. The van der Waals surface area contributed by atoms with Crippen molar-refractivity contribution < 1.29 is 0 Å².